The third kappa shape index (κ3) is 4.68. The van der Waals surface area contributed by atoms with Gasteiger partial charge in [0.05, 0.1) is 12.3 Å². The van der Waals surface area contributed by atoms with Crippen LogP contribution in [0.3, 0.4) is 0 Å². The largest absolute Gasteiger partial charge is 0.491 e. The third-order valence-electron chi connectivity index (χ3n) is 2.68. The lowest BCUT2D eigenvalue weighted by Gasteiger charge is -2.12. The number of urea groups is 1. The highest BCUT2D eigenvalue weighted by molar-refractivity contribution is 6.30. The lowest BCUT2D eigenvalue weighted by atomic mass is 10.3. The Kier molecular flexibility index (Phi) is 5.46. The van der Waals surface area contributed by atoms with Crippen LogP contribution in [0.1, 0.15) is 13.3 Å². The molecule has 0 fully saturated rings. The first-order valence-corrected chi connectivity index (χ1v) is 7.12. The van der Waals surface area contributed by atoms with Crippen molar-refractivity contribution in [1.82, 2.24) is 0 Å². The lowest BCUT2D eigenvalue weighted by molar-refractivity contribution is 0.262. The molecule has 0 atom stereocenters. The molecule has 0 aromatic heterocycles. The van der Waals surface area contributed by atoms with Crippen molar-refractivity contribution >= 4 is 29.0 Å². The Hall–Kier alpha value is -2.20. The monoisotopic (exact) mass is 304 g/mol. The molecule has 0 aliphatic carbocycles. The van der Waals surface area contributed by atoms with Crippen molar-refractivity contribution in [1.29, 1.82) is 0 Å². The summed E-state index contributed by atoms with van der Waals surface area (Å²) in [6.45, 7) is 2.64. The highest BCUT2D eigenvalue weighted by Crippen LogP contribution is 2.24. The first kappa shape index (κ1) is 15.2. The van der Waals surface area contributed by atoms with Gasteiger partial charge >= 0.3 is 6.03 Å². The maximum absolute atomic E-state index is 12.0. The van der Waals surface area contributed by atoms with Crippen LogP contribution in [0.5, 0.6) is 5.75 Å². The molecule has 0 spiro atoms. The zero-order valence-electron chi connectivity index (χ0n) is 11.7. The summed E-state index contributed by atoms with van der Waals surface area (Å²) in [7, 11) is 0. The molecule has 110 valence electrons. The number of carbonyl (C=O) groups is 1. The molecule has 0 saturated carbocycles. The highest BCUT2D eigenvalue weighted by Gasteiger charge is 2.07. The Morgan fingerprint density at radius 2 is 1.95 bits per heavy atom. The second kappa shape index (κ2) is 7.55. The number of para-hydroxylation sites is 2. The van der Waals surface area contributed by atoms with E-state index in [-0.39, 0.29) is 6.03 Å². The molecular formula is C16H17ClN2O2. The summed E-state index contributed by atoms with van der Waals surface area (Å²) in [4.78, 5) is 12.0. The standard InChI is InChI=1S/C16H17ClN2O2/c1-2-10-21-15-9-4-3-8-14(15)19-16(20)18-13-7-5-6-12(17)11-13/h3-9,11H,2,10H2,1H3,(H2,18,19,20). The predicted octanol–water partition coefficient (Wildman–Crippen LogP) is 4.77. The van der Waals surface area contributed by atoms with Crippen molar-refractivity contribution in [2.45, 2.75) is 13.3 Å². The van der Waals surface area contributed by atoms with Gasteiger partial charge in [-0.2, -0.15) is 0 Å². The molecule has 2 aromatic carbocycles. The molecule has 0 aliphatic heterocycles. The minimum atomic E-state index is -0.343. The number of rotatable bonds is 5. The van der Waals surface area contributed by atoms with Gasteiger partial charge < -0.3 is 15.4 Å². The van der Waals surface area contributed by atoms with Gasteiger partial charge in [0.1, 0.15) is 5.75 Å². The highest BCUT2D eigenvalue weighted by atomic mass is 35.5. The van der Waals surface area contributed by atoms with Crippen molar-refractivity contribution in [2.75, 3.05) is 17.2 Å². The van der Waals surface area contributed by atoms with Gasteiger partial charge in [-0.25, -0.2) is 4.79 Å². The number of benzene rings is 2. The zero-order chi connectivity index (χ0) is 15.1. The normalized spacial score (nSPS) is 10.0. The molecule has 0 heterocycles. The van der Waals surface area contributed by atoms with Crippen LogP contribution in [0.2, 0.25) is 5.02 Å². The van der Waals surface area contributed by atoms with Crippen LogP contribution in [0.25, 0.3) is 0 Å². The van der Waals surface area contributed by atoms with E-state index in [0.717, 1.165) is 6.42 Å². The summed E-state index contributed by atoms with van der Waals surface area (Å²) in [6, 6.07) is 14.0. The van der Waals surface area contributed by atoms with Gasteiger partial charge in [-0.15, -0.1) is 0 Å². The third-order valence-corrected chi connectivity index (χ3v) is 2.91. The molecule has 0 unspecified atom stereocenters. The summed E-state index contributed by atoms with van der Waals surface area (Å²) in [5.74, 6) is 0.653. The summed E-state index contributed by atoms with van der Waals surface area (Å²) < 4.78 is 5.59. The number of nitrogens with one attached hydrogen (secondary N) is 2. The fourth-order valence-electron chi connectivity index (χ4n) is 1.76. The van der Waals surface area contributed by atoms with Gasteiger partial charge in [0, 0.05) is 10.7 Å². The van der Waals surface area contributed by atoms with Gasteiger partial charge in [0.25, 0.3) is 0 Å². The number of amides is 2. The molecule has 2 N–H and O–H groups in total. The van der Waals surface area contributed by atoms with Crippen LogP contribution < -0.4 is 15.4 Å². The molecule has 0 aliphatic rings. The fraction of sp³-hybridized carbons (Fsp3) is 0.188. The average molecular weight is 305 g/mol. The Labute approximate surface area is 129 Å². The molecule has 2 rings (SSSR count). The van der Waals surface area contributed by atoms with Crippen molar-refractivity contribution in [3.63, 3.8) is 0 Å². The Bertz CT molecular complexity index is 617. The van der Waals surface area contributed by atoms with E-state index in [9.17, 15) is 4.79 Å². The minimum absolute atomic E-state index is 0.343. The van der Waals surface area contributed by atoms with Crippen LogP contribution in [0, 0.1) is 0 Å². The number of hydrogen-bond donors (Lipinski definition) is 2. The van der Waals surface area contributed by atoms with E-state index in [1.165, 1.54) is 0 Å². The summed E-state index contributed by atoms with van der Waals surface area (Å²) >= 11 is 5.88. The predicted molar refractivity (Wildman–Crippen MR) is 86.3 cm³/mol. The van der Waals surface area contributed by atoms with E-state index in [4.69, 9.17) is 16.3 Å². The van der Waals surface area contributed by atoms with E-state index in [1.807, 2.05) is 25.1 Å². The van der Waals surface area contributed by atoms with Crippen molar-refractivity contribution < 1.29 is 9.53 Å². The zero-order valence-corrected chi connectivity index (χ0v) is 12.5. The summed E-state index contributed by atoms with van der Waals surface area (Å²) in [6.07, 6.45) is 0.906. The smallest absolute Gasteiger partial charge is 0.323 e. The molecule has 0 saturated heterocycles. The average Bonchev–Trinajstić information content (AvgIpc) is 2.46. The minimum Gasteiger partial charge on any atom is -0.491 e. The number of ether oxygens (including phenoxy) is 1. The van der Waals surface area contributed by atoms with E-state index in [2.05, 4.69) is 10.6 Å². The van der Waals surface area contributed by atoms with Crippen molar-refractivity contribution in [3.05, 3.63) is 53.6 Å². The summed E-state index contributed by atoms with van der Waals surface area (Å²) in [5, 5.41) is 6.06. The van der Waals surface area contributed by atoms with E-state index in [1.54, 1.807) is 30.3 Å². The number of anilines is 2. The van der Waals surface area contributed by atoms with Gasteiger partial charge in [-0.1, -0.05) is 36.7 Å². The lowest BCUT2D eigenvalue weighted by Crippen LogP contribution is -2.19. The van der Waals surface area contributed by atoms with Crippen molar-refractivity contribution in [3.8, 4) is 5.75 Å². The second-order valence-electron chi connectivity index (χ2n) is 4.43. The summed E-state index contributed by atoms with van der Waals surface area (Å²) in [5.41, 5.74) is 1.26. The molecule has 2 aromatic rings. The molecule has 2 amide bonds. The molecule has 21 heavy (non-hydrogen) atoms. The SMILES string of the molecule is CCCOc1ccccc1NC(=O)Nc1cccc(Cl)c1. The molecule has 4 nitrogen and oxygen atoms in total. The topological polar surface area (TPSA) is 50.4 Å². The molecular weight excluding hydrogens is 288 g/mol. The van der Waals surface area contributed by atoms with Gasteiger partial charge in [-0.05, 0) is 36.8 Å². The van der Waals surface area contributed by atoms with Crippen LogP contribution in [0.15, 0.2) is 48.5 Å². The first-order valence-electron chi connectivity index (χ1n) is 6.74. The first-order chi connectivity index (χ1) is 10.2. The maximum Gasteiger partial charge on any atom is 0.323 e. The number of hydrogen-bond acceptors (Lipinski definition) is 2. The Morgan fingerprint density at radius 1 is 1.14 bits per heavy atom. The van der Waals surface area contributed by atoms with E-state index >= 15 is 0 Å². The van der Waals surface area contributed by atoms with Crippen LogP contribution in [-0.4, -0.2) is 12.6 Å². The van der Waals surface area contributed by atoms with Gasteiger partial charge in [0.2, 0.25) is 0 Å². The van der Waals surface area contributed by atoms with Gasteiger partial charge in [-0.3, -0.25) is 0 Å². The van der Waals surface area contributed by atoms with Crippen LogP contribution >= 0.6 is 11.6 Å². The molecule has 0 bridgehead atoms. The molecule has 5 heteroatoms. The van der Waals surface area contributed by atoms with Crippen LogP contribution in [0.4, 0.5) is 16.2 Å². The van der Waals surface area contributed by atoms with E-state index < -0.39 is 0 Å². The number of halogens is 1. The Morgan fingerprint density at radius 3 is 2.71 bits per heavy atom. The van der Waals surface area contributed by atoms with Crippen molar-refractivity contribution in [2.24, 2.45) is 0 Å². The fourth-order valence-corrected chi connectivity index (χ4v) is 1.95. The quantitative estimate of drug-likeness (QED) is 0.835. The van der Waals surface area contributed by atoms with Crippen LogP contribution in [-0.2, 0) is 0 Å². The van der Waals surface area contributed by atoms with E-state index in [0.29, 0.717) is 28.8 Å². The maximum atomic E-state index is 12.0. The number of carbonyl (C=O) groups excluding carboxylic acids is 1. The van der Waals surface area contributed by atoms with Gasteiger partial charge in [0.15, 0.2) is 0 Å². The second-order valence-corrected chi connectivity index (χ2v) is 4.87. The molecule has 0 radical (unpaired) electrons. The Balaban J connectivity index is 2.02.